The zero-order valence-corrected chi connectivity index (χ0v) is 17.8. The maximum atomic E-state index is 5.97. The molecule has 2 aliphatic rings. The van der Waals surface area contributed by atoms with Crippen molar-refractivity contribution in [2.45, 2.75) is 44.9 Å². The first-order chi connectivity index (χ1) is 13.8. The molecule has 3 heterocycles. The number of hydrogen-bond donors (Lipinski definition) is 0. The predicted molar refractivity (Wildman–Crippen MR) is 116 cm³/mol. The van der Waals surface area contributed by atoms with Crippen molar-refractivity contribution < 1.29 is 9.47 Å². The van der Waals surface area contributed by atoms with Gasteiger partial charge in [-0.15, -0.1) is 0 Å². The Morgan fingerprint density at radius 3 is 3.04 bits per heavy atom. The van der Waals surface area contributed by atoms with Crippen molar-refractivity contribution >= 4 is 17.4 Å². The first kappa shape index (κ1) is 19.8. The molecule has 5 nitrogen and oxygen atoms in total. The molecule has 6 heteroatoms. The van der Waals surface area contributed by atoms with Crippen LogP contribution in [0.3, 0.4) is 0 Å². The van der Waals surface area contributed by atoms with Crippen molar-refractivity contribution in [1.82, 2.24) is 9.78 Å². The lowest BCUT2D eigenvalue weighted by molar-refractivity contribution is -0.0394. The average molecular weight is 402 g/mol. The Kier molecular flexibility index (Phi) is 6.60. The number of ether oxygens (including phenoxy) is 2. The number of thioether (sulfide) groups is 1. The summed E-state index contributed by atoms with van der Waals surface area (Å²) in [5, 5.41) is 4.96. The first-order valence-electron chi connectivity index (χ1n) is 10.4. The van der Waals surface area contributed by atoms with Crippen LogP contribution in [0.5, 0.6) is 0 Å². The highest BCUT2D eigenvalue weighted by Crippen LogP contribution is 2.33. The fourth-order valence-electron chi connectivity index (χ4n) is 4.11. The van der Waals surface area contributed by atoms with Gasteiger partial charge in [-0.1, -0.05) is 6.07 Å². The van der Waals surface area contributed by atoms with Crippen molar-refractivity contribution in [2.24, 2.45) is 0 Å². The summed E-state index contributed by atoms with van der Waals surface area (Å²) >= 11 is 1.81. The van der Waals surface area contributed by atoms with Crippen LogP contribution in [0.25, 0.3) is 11.3 Å². The van der Waals surface area contributed by atoms with E-state index in [4.69, 9.17) is 14.6 Å². The molecule has 0 amide bonds. The molecule has 4 rings (SSSR count). The minimum Gasteiger partial charge on any atom is -0.376 e. The molecule has 0 N–H and O–H groups in total. The van der Waals surface area contributed by atoms with Crippen molar-refractivity contribution in [3.63, 3.8) is 0 Å². The van der Waals surface area contributed by atoms with Crippen LogP contribution in [0, 0.1) is 0 Å². The second-order valence-electron chi connectivity index (χ2n) is 7.72. The molecule has 152 valence electrons. The van der Waals surface area contributed by atoms with Crippen LogP contribution >= 0.6 is 11.8 Å². The van der Waals surface area contributed by atoms with Crippen LogP contribution in [0.1, 0.15) is 43.0 Å². The Bertz CT molecular complexity index is 786. The van der Waals surface area contributed by atoms with Crippen LogP contribution in [0.15, 0.2) is 24.4 Å². The fourth-order valence-corrected chi connectivity index (χ4v) is 4.40. The molecule has 1 aromatic heterocycles. The van der Waals surface area contributed by atoms with E-state index in [1.807, 2.05) is 16.4 Å². The topological polar surface area (TPSA) is 39.5 Å². The van der Waals surface area contributed by atoms with Crippen LogP contribution < -0.4 is 4.90 Å². The first-order valence-corrected chi connectivity index (χ1v) is 11.8. The van der Waals surface area contributed by atoms with E-state index in [9.17, 15) is 0 Å². The monoisotopic (exact) mass is 401 g/mol. The Balaban J connectivity index is 1.62. The maximum absolute atomic E-state index is 5.97. The van der Waals surface area contributed by atoms with Gasteiger partial charge in [-0.3, -0.25) is 0 Å². The van der Waals surface area contributed by atoms with Crippen LogP contribution in [0.4, 0.5) is 5.69 Å². The third kappa shape index (κ3) is 4.39. The fraction of sp³-hybridized carbons (Fsp3) is 0.591. The maximum Gasteiger partial charge on any atom is 0.150 e. The molecular weight excluding hydrogens is 370 g/mol. The summed E-state index contributed by atoms with van der Waals surface area (Å²) in [7, 11) is 2.18. The van der Waals surface area contributed by atoms with Gasteiger partial charge in [0.25, 0.3) is 0 Å². The summed E-state index contributed by atoms with van der Waals surface area (Å²) in [5.74, 6) is 1.01. The molecule has 0 saturated carbocycles. The largest absolute Gasteiger partial charge is 0.376 e. The number of nitrogens with zero attached hydrogens (tertiary/aromatic N) is 3. The van der Waals surface area contributed by atoms with Crippen LogP contribution in [-0.4, -0.2) is 48.6 Å². The minimum atomic E-state index is 0.0520. The Hall–Kier alpha value is -1.50. The average Bonchev–Trinajstić information content (AvgIpc) is 3.16. The van der Waals surface area contributed by atoms with Gasteiger partial charge in [0.2, 0.25) is 0 Å². The van der Waals surface area contributed by atoms with Gasteiger partial charge in [0, 0.05) is 49.0 Å². The van der Waals surface area contributed by atoms with Crippen molar-refractivity contribution in [3.05, 3.63) is 35.5 Å². The highest BCUT2D eigenvalue weighted by Gasteiger charge is 2.21. The number of fused-ring (bicyclic) bond motifs is 1. The minimum absolute atomic E-state index is 0.0520. The Morgan fingerprint density at radius 2 is 2.21 bits per heavy atom. The molecule has 0 bridgehead atoms. The molecule has 1 saturated heterocycles. The second kappa shape index (κ2) is 9.33. The highest BCUT2D eigenvalue weighted by molar-refractivity contribution is 7.98. The van der Waals surface area contributed by atoms with Crippen LogP contribution in [-0.2, 0) is 22.5 Å². The van der Waals surface area contributed by atoms with Crippen LogP contribution in [0.2, 0.25) is 0 Å². The zero-order chi connectivity index (χ0) is 19.3. The molecule has 2 aromatic rings. The Morgan fingerprint density at radius 1 is 1.29 bits per heavy atom. The number of anilines is 1. The van der Waals surface area contributed by atoms with E-state index in [0.717, 1.165) is 56.0 Å². The highest BCUT2D eigenvalue weighted by atomic mass is 32.2. The van der Waals surface area contributed by atoms with E-state index >= 15 is 0 Å². The Labute approximate surface area is 172 Å². The van der Waals surface area contributed by atoms with E-state index in [2.05, 4.69) is 42.6 Å². The molecule has 0 aliphatic carbocycles. The second-order valence-corrected chi connectivity index (χ2v) is 8.70. The smallest absolute Gasteiger partial charge is 0.150 e. The number of benzene rings is 1. The SMILES string of the molecule is CSCCOCc1cn(C2CCCCO2)nc1-c1ccc2c(c1)CCCN2C. The molecule has 1 unspecified atom stereocenters. The number of hydrogen-bond acceptors (Lipinski definition) is 5. The summed E-state index contributed by atoms with van der Waals surface area (Å²) in [6, 6.07) is 6.78. The van der Waals surface area contributed by atoms with Gasteiger partial charge in [0.1, 0.15) is 6.23 Å². The summed E-state index contributed by atoms with van der Waals surface area (Å²) in [5.41, 5.74) is 6.15. The molecule has 1 atom stereocenters. The van der Waals surface area contributed by atoms with Gasteiger partial charge in [-0.05, 0) is 56.1 Å². The zero-order valence-electron chi connectivity index (χ0n) is 17.0. The van der Waals surface area contributed by atoms with Gasteiger partial charge >= 0.3 is 0 Å². The third-order valence-electron chi connectivity index (χ3n) is 5.65. The molecule has 2 aliphatic heterocycles. The number of rotatable bonds is 7. The molecular formula is C22H31N3O2S. The van der Waals surface area contributed by atoms with Gasteiger partial charge < -0.3 is 14.4 Å². The van der Waals surface area contributed by atoms with Crippen molar-refractivity contribution in [2.75, 3.05) is 43.7 Å². The number of aromatic nitrogens is 2. The van der Waals surface area contributed by atoms with E-state index in [1.165, 1.54) is 29.7 Å². The normalized spacial score (nSPS) is 19.6. The van der Waals surface area contributed by atoms with E-state index in [0.29, 0.717) is 6.61 Å². The van der Waals surface area contributed by atoms with Gasteiger partial charge in [0.15, 0.2) is 0 Å². The summed E-state index contributed by atoms with van der Waals surface area (Å²) in [6.45, 7) is 3.32. The predicted octanol–water partition coefficient (Wildman–Crippen LogP) is 4.51. The molecule has 28 heavy (non-hydrogen) atoms. The quantitative estimate of drug-likeness (QED) is 0.638. The van der Waals surface area contributed by atoms with E-state index in [-0.39, 0.29) is 6.23 Å². The molecule has 0 radical (unpaired) electrons. The molecule has 1 aromatic carbocycles. The summed E-state index contributed by atoms with van der Waals surface area (Å²) in [6.07, 6.45) is 10.0. The third-order valence-corrected chi connectivity index (χ3v) is 6.23. The van der Waals surface area contributed by atoms with E-state index in [1.54, 1.807) is 0 Å². The lowest BCUT2D eigenvalue weighted by atomic mass is 9.97. The summed E-state index contributed by atoms with van der Waals surface area (Å²) in [4.78, 5) is 2.35. The van der Waals surface area contributed by atoms with Gasteiger partial charge in [-0.25, -0.2) is 4.68 Å². The standard InChI is InChI=1S/C22H31N3O2S/c1-24-10-5-6-17-14-18(8-9-20(17)24)22-19(16-26-12-13-28-2)15-25(23-22)21-7-3-4-11-27-21/h8-9,14-15,21H,3-7,10-13,16H2,1-2H3. The van der Waals surface area contributed by atoms with Crippen molar-refractivity contribution in [3.8, 4) is 11.3 Å². The molecule has 0 spiro atoms. The molecule has 1 fully saturated rings. The van der Waals surface area contributed by atoms with Gasteiger partial charge in [-0.2, -0.15) is 16.9 Å². The van der Waals surface area contributed by atoms with Crippen molar-refractivity contribution in [1.29, 1.82) is 0 Å². The van der Waals surface area contributed by atoms with E-state index < -0.39 is 0 Å². The summed E-state index contributed by atoms with van der Waals surface area (Å²) < 4.78 is 13.9. The lowest BCUT2D eigenvalue weighted by Crippen LogP contribution is -2.24. The van der Waals surface area contributed by atoms with Gasteiger partial charge in [0.05, 0.1) is 18.9 Å². The number of aryl methyl sites for hydroxylation is 1. The lowest BCUT2D eigenvalue weighted by Gasteiger charge is -2.27.